The predicted octanol–water partition coefficient (Wildman–Crippen LogP) is 4.26. The van der Waals surface area contributed by atoms with E-state index >= 15 is 0 Å². The molecule has 0 bridgehead atoms. The highest BCUT2D eigenvalue weighted by Crippen LogP contribution is 2.30. The molecule has 0 fully saturated rings. The highest BCUT2D eigenvalue weighted by atomic mass is 16.5. The standard InChI is InChI=1S/C22H29NO3/c1-16-10-6-8-12-19(16)26-17(2)21(24)23-14-15-25-20-13-9-7-11-18(20)22(3,4)5/h6-13,17H,14-15H2,1-5H3,(H,23,24). The SMILES string of the molecule is Cc1ccccc1OC(C)C(=O)NCCOc1ccccc1C(C)(C)C. The van der Waals surface area contributed by atoms with E-state index in [4.69, 9.17) is 9.47 Å². The number of para-hydroxylation sites is 2. The number of nitrogens with one attached hydrogen (secondary N) is 1. The lowest BCUT2D eigenvalue weighted by atomic mass is 9.86. The zero-order chi connectivity index (χ0) is 19.2. The first-order valence-electron chi connectivity index (χ1n) is 9.01. The summed E-state index contributed by atoms with van der Waals surface area (Å²) in [5, 5.41) is 2.86. The van der Waals surface area contributed by atoms with Crippen LogP contribution >= 0.6 is 0 Å². The Morgan fingerprint density at radius 2 is 1.65 bits per heavy atom. The molecular weight excluding hydrogens is 326 g/mol. The number of carbonyl (C=O) groups excluding carboxylic acids is 1. The van der Waals surface area contributed by atoms with Gasteiger partial charge in [-0.2, -0.15) is 0 Å². The van der Waals surface area contributed by atoms with E-state index in [9.17, 15) is 4.79 Å². The minimum absolute atomic E-state index is 0.00966. The van der Waals surface area contributed by atoms with E-state index in [1.807, 2.05) is 49.4 Å². The molecule has 0 spiro atoms. The van der Waals surface area contributed by atoms with Gasteiger partial charge in [0.1, 0.15) is 18.1 Å². The van der Waals surface area contributed by atoms with Crippen LogP contribution in [0.5, 0.6) is 11.5 Å². The molecule has 0 aromatic heterocycles. The van der Waals surface area contributed by atoms with Crippen LogP contribution in [0.1, 0.15) is 38.8 Å². The summed E-state index contributed by atoms with van der Waals surface area (Å²) in [7, 11) is 0. The van der Waals surface area contributed by atoms with E-state index < -0.39 is 6.10 Å². The highest BCUT2D eigenvalue weighted by molar-refractivity contribution is 5.80. The largest absolute Gasteiger partial charge is 0.491 e. The van der Waals surface area contributed by atoms with E-state index in [1.165, 1.54) is 0 Å². The van der Waals surface area contributed by atoms with Gasteiger partial charge in [-0.25, -0.2) is 0 Å². The van der Waals surface area contributed by atoms with Gasteiger partial charge in [-0.05, 0) is 42.5 Å². The normalized spacial score (nSPS) is 12.3. The Bertz CT molecular complexity index is 734. The molecule has 0 saturated heterocycles. The van der Waals surface area contributed by atoms with Crippen molar-refractivity contribution >= 4 is 5.91 Å². The van der Waals surface area contributed by atoms with Gasteiger partial charge in [0.25, 0.3) is 5.91 Å². The predicted molar refractivity (Wildman–Crippen MR) is 105 cm³/mol. The summed E-state index contributed by atoms with van der Waals surface area (Å²) < 4.78 is 11.6. The third kappa shape index (κ3) is 5.51. The number of rotatable bonds is 7. The van der Waals surface area contributed by atoms with Crippen molar-refractivity contribution in [2.45, 2.75) is 46.1 Å². The Morgan fingerprint density at radius 3 is 2.31 bits per heavy atom. The molecule has 0 aliphatic heterocycles. The molecule has 0 radical (unpaired) electrons. The lowest BCUT2D eigenvalue weighted by molar-refractivity contribution is -0.127. The summed E-state index contributed by atoms with van der Waals surface area (Å²) in [6, 6.07) is 15.7. The van der Waals surface area contributed by atoms with E-state index in [1.54, 1.807) is 6.92 Å². The number of benzene rings is 2. The second-order valence-electron chi connectivity index (χ2n) is 7.41. The van der Waals surface area contributed by atoms with Crippen molar-refractivity contribution < 1.29 is 14.3 Å². The number of amides is 1. The van der Waals surface area contributed by atoms with Crippen molar-refractivity contribution in [3.05, 3.63) is 59.7 Å². The topological polar surface area (TPSA) is 47.6 Å². The number of ether oxygens (including phenoxy) is 2. The van der Waals surface area contributed by atoms with Crippen molar-refractivity contribution in [1.82, 2.24) is 5.32 Å². The first-order valence-corrected chi connectivity index (χ1v) is 9.01. The summed E-state index contributed by atoms with van der Waals surface area (Å²) in [4.78, 5) is 12.2. The van der Waals surface area contributed by atoms with Crippen LogP contribution in [0.15, 0.2) is 48.5 Å². The van der Waals surface area contributed by atoms with Gasteiger partial charge in [0.15, 0.2) is 6.10 Å². The molecule has 1 atom stereocenters. The van der Waals surface area contributed by atoms with Crippen LogP contribution in [0.2, 0.25) is 0 Å². The van der Waals surface area contributed by atoms with E-state index in [2.05, 4.69) is 32.2 Å². The molecule has 26 heavy (non-hydrogen) atoms. The maximum atomic E-state index is 12.2. The highest BCUT2D eigenvalue weighted by Gasteiger charge is 2.18. The molecule has 0 saturated carbocycles. The fourth-order valence-corrected chi connectivity index (χ4v) is 2.62. The van der Waals surface area contributed by atoms with Gasteiger partial charge in [0.2, 0.25) is 0 Å². The number of hydrogen-bond acceptors (Lipinski definition) is 3. The van der Waals surface area contributed by atoms with Crippen LogP contribution in [-0.4, -0.2) is 25.2 Å². The Kier molecular flexibility index (Phi) is 6.67. The molecule has 1 amide bonds. The third-order valence-electron chi connectivity index (χ3n) is 4.12. The first kappa shape index (κ1) is 19.8. The van der Waals surface area contributed by atoms with Crippen molar-refractivity contribution in [2.75, 3.05) is 13.2 Å². The molecule has 4 nitrogen and oxygen atoms in total. The number of carbonyl (C=O) groups is 1. The second kappa shape index (κ2) is 8.75. The van der Waals surface area contributed by atoms with Gasteiger partial charge in [-0.1, -0.05) is 57.2 Å². The zero-order valence-electron chi connectivity index (χ0n) is 16.3. The first-order chi connectivity index (χ1) is 12.3. The van der Waals surface area contributed by atoms with Gasteiger partial charge >= 0.3 is 0 Å². The number of aryl methyl sites for hydroxylation is 1. The average molecular weight is 355 g/mol. The lowest BCUT2D eigenvalue weighted by Gasteiger charge is -2.22. The molecule has 2 aromatic rings. The Hall–Kier alpha value is -2.49. The smallest absolute Gasteiger partial charge is 0.260 e. The van der Waals surface area contributed by atoms with Crippen LogP contribution in [0.25, 0.3) is 0 Å². The molecule has 4 heteroatoms. The average Bonchev–Trinajstić information content (AvgIpc) is 2.60. The van der Waals surface area contributed by atoms with Crippen LogP contribution in [-0.2, 0) is 10.2 Å². The minimum Gasteiger partial charge on any atom is -0.491 e. The van der Waals surface area contributed by atoms with Crippen molar-refractivity contribution in [2.24, 2.45) is 0 Å². The van der Waals surface area contributed by atoms with Gasteiger partial charge < -0.3 is 14.8 Å². The third-order valence-corrected chi connectivity index (χ3v) is 4.12. The molecule has 0 heterocycles. The van der Waals surface area contributed by atoms with Gasteiger partial charge in [-0.3, -0.25) is 4.79 Å². The van der Waals surface area contributed by atoms with E-state index in [-0.39, 0.29) is 11.3 Å². The van der Waals surface area contributed by atoms with Crippen LogP contribution in [0, 0.1) is 6.92 Å². The molecule has 1 N–H and O–H groups in total. The maximum absolute atomic E-state index is 12.2. The fourth-order valence-electron chi connectivity index (χ4n) is 2.62. The zero-order valence-corrected chi connectivity index (χ0v) is 16.3. The molecule has 0 aliphatic carbocycles. The molecule has 2 aromatic carbocycles. The van der Waals surface area contributed by atoms with E-state index in [0.29, 0.717) is 13.2 Å². The van der Waals surface area contributed by atoms with E-state index in [0.717, 1.165) is 22.6 Å². The molecular formula is C22H29NO3. The maximum Gasteiger partial charge on any atom is 0.260 e. The Morgan fingerprint density at radius 1 is 1.04 bits per heavy atom. The van der Waals surface area contributed by atoms with Crippen LogP contribution < -0.4 is 14.8 Å². The van der Waals surface area contributed by atoms with Crippen LogP contribution in [0.4, 0.5) is 0 Å². The lowest BCUT2D eigenvalue weighted by Crippen LogP contribution is -2.38. The van der Waals surface area contributed by atoms with Crippen molar-refractivity contribution in [3.63, 3.8) is 0 Å². The second-order valence-corrected chi connectivity index (χ2v) is 7.41. The van der Waals surface area contributed by atoms with Gasteiger partial charge in [0, 0.05) is 0 Å². The summed E-state index contributed by atoms with van der Waals surface area (Å²) in [6.45, 7) is 11.0. The Balaban J connectivity index is 1.81. The summed E-state index contributed by atoms with van der Waals surface area (Å²) >= 11 is 0. The molecule has 0 aliphatic rings. The summed E-state index contributed by atoms with van der Waals surface area (Å²) in [6.07, 6.45) is -0.557. The summed E-state index contributed by atoms with van der Waals surface area (Å²) in [5.41, 5.74) is 2.17. The fraction of sp³-hybridized carbons (Fsp3) is 0.409. The van der Waals surface area contributed by atoms with Crippen molar-refractivity contribution in [1.29, 1.82) is 0 Å². The molecule has 140 valence electrons. The molecule has 1 unspecified atom stereocenters. The monoisotopic (exact) mass is 355 g/mol. The Labute approximate surface area is 156 Å². The summed E-state index contributed by atoms with van der Waals surface area (Å²) in [5.74, 6) is 1.44. The van der Waals surface area contributed by atoms with Crippen molar-refractivity contribution in [3.8, 4) is 11.5 Å². The van der Waals surface area contributed by atoms with Gasteiger partial charge in [-0.15, -0.1) is 0 Å². The number of hydrogen-bond donors (Lipinski definition) is 1. The quantitative estimate of drug-likeness (QED) is 0.755. The minimum atomic E-state index is -0.557. The van der Waals surface area contributed by atoms with Crippen LogP contribution in [0.3, 0.4) is 0 Å². The van der Waals surface area contributed by atoms with Gasteiger partial charge in [0.05, 0.1) is 6.54 Å². The molecule has 2 rings (SSSR count).